The number of sulfonamides is 1. The highest BCUT2D eigenvalue weighted by Crippen LogP contribution is 2.25. The van der Waals surface area contributed by atoms with E-state index in [0.717, 1.165) is 11.6 Å². The summed E-state index contributed by atoms with van der Waals surface area (Å²) in [4.78, 5) is 24.2. The van der Waals surface area contributed by atoms with Crippen LogP contribution in [0.2, 0.25) is 0 Å². The standard InChI is InChI=1S/C18H19N3O5S2/c1-14-2-4-16(21(23)24)12-17(14)28(25,26)20-9-7-19(8-10-20)18(22)5-3-15-6-11-27-13-15/h2-6,11-13H,7-10H2,1H3/b5-3+. The third-order valence-electron chi connectivity index (χ3n) is 4.51. The summed E-state index contributed by atoms with van der Waals surface area (Å²) in [6, 6.07) is 5.71. The molecule has 0 atom stereocenters. The molecule has 148 valence electrons. The number of nitro groups is 1. The molecule has 1 aliphatic rings. The van der Waals surface area contributed by atoms with Crippen LogP contribution in [-0.4, -0.2) is 54.6 Å². The first-order valence-corrected chi connectivity index (χ1v) is 10.9. The van der Waals surface area contributed by atoms with Crippen molar-refractivity contribution in [3.8, 4) is 0 Å². The maximum atomic E-state index is 12.9. The molecule has 1 aliphatic heterocycles. The lowest BCUT2D eigenvalue weighted by Crippen LogP contribution is -2.50. The van der Waals surface area contributed by atoms with Crippen molar-refractivity contribution in [1.82, 2.24) is 9.21 Å². The van der Waals surface area contributed by atoms with Crippen LogP contribution in [0.15, 0.2) is 46.0 Å². The van der Waals surface area contributed by atoms with E-state index in [2.05, 4.69) is 0 Å². The summed E-state index contributed by atoms with van der Waals surface area (Å²) < 4.78 is 27.1. The van der Waals surface area contributed by atoms with Gasteiger partial charge in [0.2, 0.25) is 15.9 Å². The van der Waals surface area contributed by atoms with Crippen LogP contribution in [0.1, 0.15) is 11.1 Å². The fraction of sp³-hybridized carbons (Fsp3) is 0.278. The SMILES string of the molecule is Cc1ccc([N+](=O)[O-])cc1S(=O)(=O)N1CCN(C(=O)/C=C/c2ccsc2)CC1. The van der Waals surface area contributed by atoms with Crippen molar-refractivity contribution in [2.24, 2.45) is 0 Å². The Morgan fingerprint density at radius 1 is 1.21 bits per heavy atom. The molecule has 8 nitrogen and oxygen atoms in total. The lowest BCUT2D eigenvalue weighted by Gasteiger charge is -2.33. The predicted molar refractivity (Wildman–Crippen MR) is 107 cm³/mol. The predicted octanol–water partition coefficient (Wildman–Crippen LogP) is 2.51. The summed E-state index contributed by atoms with van der Waals surface area (Å²) in [5.41, 5.74) is 1.13. The molecule has 1 aromatic heterocycles. The number of hydrogen-bond donors (Lipinski definition) is 0. The van der Waals surface area contributed by atoms with Crippen LogP contribution in [0.3, 0.4) is 0 Å². The Morgan fingerprint density at radius 2 is 1.93 bits per heavy atom. The van der Waals surface area contributed by atoms with Crippen LogP contribution in [0.5, 0.6) is 0 Å². The van der Waals surface area contributed by atoms with E-state index in [1.54, 1.807) is 17.9 Å². The van der Waals surface area contributed by atoms with Crippen LogP contribution in [-0.2, 0) is 14.8 Å². The van der Waals surface area contributed by atoms with Crippen LogP contribution >= 0.6 is 11.3 Å². The molecule has 10 heteroatoms. The largest absolute Gasteiger partial charge is 0.337 e. The topological polar surface area (TPSA) is 101 Å². The van der Waals surface area contributed by atoms with Gasteiger partial charge in [0, 0.05) is 44.4 Å². The molecule has 0 N–H and O–H groups in total. The molecular formula is C18H19N3O5S2. The van der Waals surface area contributed by atoms with Gasteiger partial charge in [-0.2, -0.15) is 15.6 Å². The zero-order valence-electron chi connectivity index (χ0n) is 15.1. The zero-order chi connectivity index (χ0) is 20.3. The molecule has 0 bridgehead atoms. The molecule has 2 aromatic rings. The molecule has 2 heterocycles. The van der Waals surface area contributed by atoms with E-state index in [9.17, 15) is 23.3 Å². The molecule has 0 unspecified atom stereocenters. The molecule has 1 saturated heterocycles. The van der Waals surface area contributed by atoms with Gasteiger partial charge < -0.3 is 4.90 Å². The molecule has 0 spiro atoms. The van der Waals surface area contributed by atoms with Crippen molar-refractivity contribution in [1.29, 1.82) is 0 Å². The average Bonchev–Trinajstić information content (AvgIpc) is 3.20. The number of rotatable bonds is 5. The number of carbonyl (C=O) groups is 1. The first-order chi connectivity index (χ1) is 13.3. The Morgan fingerprint density at radius 3 is 2.54 bits per heavy atom. The number of aryl methyl sites for hydroxylation is 1. The van der Waals surface area contributed by atoms with Gasteiger partial charge in [0.15, 0.2) is 0 Å². The minimum absolute atomic E-state index is 0.0705. The number of nitrogens with zero attached hydrogens (tertiary/aromatic N) is 3. The Labute approximate surface area is 166 Å². The summed E-state index contributed by atoms with van der Waals surface area (Å²) in [6.45, 7) is 2.41. The van der Waals surface area contributed by atoms with Gasteiger partial charge in [0.1, 0.15) is 0 Å². The van der Waals surface area contributed by atoms with E-state index in [4.69, 9.17) is 0 Å². The second-order valence-electron chi connectivity index (χ2n) is 6.33. The highest BCUT2D eigenvalue weighted by atomic mass is 32.2. The quantitative estimate of drug-likeness (QED) is 0.419. The van der Waals surface area contributed by atoms with Gasteiger partial charge in [0.25, 0.3) is 5.69 Å². The number of non-ortho nitro benzene ring substituents is 1. The number of thiophene rings is 1. The van der Waals surface area contributed by atoms with E-state index >= 15 is 0 Å². The summed E-state index contributed by atoms with van der Waals surface area (Å²) in [7, 11) is -3.87. The van der Waals surface area contributed by atoms with E-state index in [0.29, 0.717) is 5.56 Å². The van der Waals surface area contributed by atoms with E-state index < -0.39 is 14.9 Å². The number of benzene rings is 1. The van der Waals surface area contributed by atoms with Crippen molar-refractivity contribution < 1.29 is 18.1 Å². The Kier molecular flexibility index (Phi) is 5.92. The second kappa shape index (κ2) is 8.21. The summed E-state index contributed by atoms with van der Waals surface area (Å²) >= 11 is 1.54. The molecule has 0 saturated carbocycles. The van der Waals surface area contributed by atoms with Crippen molar-refractivity contribution in [2.75, 3.05) is 26.2 Å². The third-order valence-corrected chi connectivity index (χ3v) is 7.25. The molecule has 1 aromatic carbocycles. The van der Waals surface area contributed by atoms with Gasteiger partial charge in [-0.25, -0.2) is 8.42 Å². The molecule has 0 radical (unpaired) electrons. The molecule has 28 heavy (non-hydrogen) atoms. The fourth-order valence-corrected chi connectivity index (χ4v) is 5.21. The summed E-state index contributed by atoms with van der Waals surface area (Å²) in [5, 5.41) is 14.8. The van der Waals surface area contributed by atoms with Crippen LogP contribution in [0, 0.1) is 17.0 Å². The minimum atomic E-state index is -3.87. The number of amides is 1. The first kappa shape index (κ1) is 20.2. The smallest absolute Gasteiger partial charge is 0.270 e. The number of carbonyl (C=O) groups excluding carboxylic acids is 1. The molecule has 1 amide bonds. The van der Waals surface area contributed by atoms with Crippen molar-refractivity contribution in [2.45, 2.75) is 11.8 Å². The number of nitro benzene ring substituents is 1. The maximum absolute atomic E-state index is 12.9. The van der Waals surface area contributed by atoms with Gasteiger partial charge in [0.05, 0.1) is 9.82 Å². The molecule has 3 rings (SSSR count). The normalized spacial score (nSPS) is 15.8. The highest BCUT2D eigenvalue weighted by molar-refractivity contribution is 7.89. The molecule has 1 fully saturated rings. The van der Waals surface area contributed by atoms with E-state index in [1.807, 2.05) is 16.8 Å². The van der Waals surface area contributed by atoms with E-state index in [-0.39, 0.29) is 42.7 Å². The van der Waals surface area contributed by atoms with Gasteiger partial charge in [-0.1, -0.05) is 6.07 Å². The highest BCUT2D eigenvalue weighted by Gasteiger charge is 2.31. The van der Waals surface area contributed by atoms with Crippen molar-refractivity contribution in [3.05, 3.63) is 62.3 Å². The lowest BCUT2D eigenvalue weighted by atomic mass is 10.2. The summed E-state index contributed by atoms with van der Waals surface area (Å²) in [6.07, 6.45) is 3.21. The van der Waals surface area contributed by atoms with Crippen LogP contribution < -0.4 is 0 Å². The zero-order valence-corrected chi connectivity index (χ0v) is 16.8. The maximum Gasteiger partial charge on any atom is 0.270 e. The fourth-order valence-electron chi connectivity index (χ4n) is 2.91. The number of hydrogen-bond acceptors (Lipinski definition) is 6. The number of piperazine rings is 1. The second-order valence-corrected chi connectivity index (χ2v) is 9.01. The lowest BCUT2D eigenvalue weighted by molar-refractivity contribution is -0.385. The summed E-state index contributed by atoms with van der Waals surface area (Å²) in [5.74, 6) is -0.172. The van der Waals surface area contributed by atoms with Crippen LogP contribution in [0.4, 0.5) is 5.69 Å². The molecular weight excluding hydrogens is 402 g/mol. The van der Waals surface area contributed by atoms with E-state index in [1.165, 1.54) is 33.9 Å². The Balaban J connectivity index is 1.69. The van der Waals surface area contributed by atoms with Gasteiger partial charge in [-0.3, -0.25) is 14.9 Å². The van der Waals surface area contributed by atoms with Crippen LogP contribution in [0.25, 0.3) is 6.08 Å². The minimum Gasteiger partial charge on any atom is -0.337 e. The average molecular weight is 422 g/mol. The van der Waals surface area contributed by atoms with Gasteiger partial charge in [-0.15, -0.1) is 0 Å². The van der Waals surface area contributed by atoms with Gasteiger partial charge >= 0.3 is 0 Å². The van der Waals surface area contributed by atoms with Crippen molar-refractivity contribution in [3.63, 3.8) is 0 Å². The molecule has 0 aliphatic carbocycles. The Bertz CT molecular complexity index is 1010. The first-order valence-electron chi connectivity index (χ1n) is 8.53. The van der Waals surface area contributed by atoms with Crippen molar-refractivity contribution >= 4 is 39.0 Å². The monoisotopic (exact) mass is 421 g/mol. The Hall–Kier alpha value is -2.56. The van der Waals surface area contributed by atoms with Gasteiger partial charge in [-0.05, 0) is 41.0 Å². The third kappa shape index (κ3) is 4.29.